The van der Waals surface area contributed by atoms with Crippen molar-refractivity contribution in [2.45, 2.75) is 24.7 Å². The molecule has 0 atom stereocenters. The van der Waals surface area contributed by atoms with E-state index in [-0.39, 0.29) is 18.9 Å². The zero-order chi connectivity index (χ0) is 20.7. The van der Waals surface area contributed by atoms with Crippen molar-refractivity contribution >= 4 is 15.9 Å². The Bertz CT molecular complexity index is 949. The maximum absolute atomic E-state index is 13.2. The average molecular weight is 412 g/mol. The Hall–Kier alpha value is -2.52. The van der Waals surface area contributed by atoms with Crippen molar-refractivity contribution in [3.63, 3.8) is 0 Å². The molecule has 2 rings (SSSR count). The van der Waals surface area contributed by atoms with Gasteiger partial charge in [-0.25, -0.2) is 21.9 Å². The Morgan fingerprint density at radius 2 is 1.82 bits per heavy atom. The molecular weight excluding hydrogens is 390 g/mol. The van der Waals surface area contributed by atoms with E-state index >= 15 is 0 Å². The van der Waals surface area contributed by atoms with Gasteiger partial charge in [0.05, 0.1) is 12.0 Å². The Kier molecular flexibility index (Phi) is 7.47. The van der Waals surface area contributed by atoms with E-state index in [1.807, 2.05) is 25.1 Å². The Balaban J connectivity index is 1.79. The number of halogens is 2. The van der Waals surface area contributed by atoms with E-state index in [4.69, 9.17) is 4.74 Å². The van der Waals surface area contributed by atoms with E-state index in [1.54, 1.807) is 7.11 Å². The van der Waals surface area contributed by atoms with Gasteiger partial charge in [0.15, 0.2) is 11.6 Å². The number of carbonyl (C=O) groups is 1. The van der Waals surface area contributed by atoms with E-state index in [0.717, 1.165) is 29.0 Å². The predicted molar refractivity (Wildman–Crippen MR) is 101 cm³/mol. The van der Waals surface area contributed by atoms with Gasteiger partial charge in [-0.1, -0.05) is 17.7 Å². The molecule has 0 spiro atoms. The molecule has 0 bridgehead atoms. The monoisotopic (exact) mass is 412 g/mol. The van der Waals surface area contributed by atoms with Gasteiger partial charge >= 0.3 is 0 Å². The first-order chi connectivity index (χ1) is 13.2. The van der Waals surface area contributed by atoms with Gasteiger partial charge in [0, 0.05) is 19.5 Å². The lowest BCUT2D eigenvalue weighted by Gasteiger charge is -2.11. The van der Waals surface area contributed by atoms with Gasteiger partial charge in [-0.3, -0.25) is 4.79 Å². The molecule has 0 heterocycles. The van der Waals surface area contributed by atoms with Crippen LogP contribution in [0.2, 0.25) is 0 Å². The highest BCUT2D eigenvalue weighted by atomic mass is 32.2. The molecule has 0 aromatic heterocycles. The number of sulfonamides is 1. The fraction of sp³-hybridized carbons (Fsp3) is 0.316. The standard InChI is InChI=1S/C19H22F2N2O4S/c1-13-3-6-18(27-2)14(11-13)7-9-22-19(24)8-10-23-28(25,26)15-4-5-16(20)17(21)12-15/h3-6,11-12,23H,7-10H2,1-2H3,(H,22,24). The summed E-state index contributed by atoms with van der Waals surface area (Å²) in [5.74, 6) is -1.99. The van der Waals surface area contributed by atoms with Gasteiger partial charge in [0.2, 0.25) is 15.9 Å². The number of hydrogen-bond acceptors (Lipinski definition) is 4. The fourth-order valence-corrected chi connectivity index (χ4v) is 3.60. The number of rotatable bonds is 9. The third-order valence-corrected chi connectivity index (χ3v) is 5.46. The summed E-state index contributed by atoms with van der Waals surface area (Å²) in [5, 5.41) is 2.71. The first-order valence-corrected chi connectivity index (χ1v) is 10.1. The normalized spacial score (nSPS) is 11.3. The van der Waals surface area contributed by atoms with Crippen molar-refractivity contribution < 1.29 is 26.7 Å². The zero-order valence-electron chi connectivity index (χ0n) is 15.6. The molecule has 0 fully saturated rings. The molecule has 0 unspecified atom stereocenters. The van der Waals surface area contributed by atoms with Crippen LogP contribution in [0.5, 0.6) is 5.75 Å². The third kappa shape index (κ3) is 6.00. The van der Waals surface area contributed by atoms with Crippen molar-refractivity contribution in [3.05, 3.63) is 59.2 Å². The van der Waals surface area contributed by atoms with E-state index in [9.17, 15) is 22.0 Å². The van der Waals surface area contributed by atoms with Crippen LogP contribution in [0.1, 0.15) is 17.5 Å². The lowest BCUT2D eigenvalue weighted by Crippen LogP contribution is -2.31. The summed E-state index contributed by atoms with van der Waals surface area (Å²) in [4.78, 5) is 11.5. The topological polar surface area (TPSA) is 84.5 Å². The molecule has 1 amide bonds. The zero-order valence-corrected chi connectivity index (χ0v) is 16.4. The van der Waals surface area contributed by atoms with Gasteiger partial charge in [-0.05, 0) is 43.2 Å². The molecule has 0 aliphatic rings. The number of aryl methyl sites for hydroxylation is 1. The first-order valence-electron chi connectivity index (χ1n) is 8.58. The van der Waals surface area contributed by atoms with Gasteiger partial charge in [-0.15, -0.1) is 0 Å². The second-order valence-corrected chi connectivity index (χ2v) is 7.91. The number of nitrogens with one attached hydrogen (secondary N) is 2. The summed E-state index contributed by atoms with van der Waals surface area (Å²) in [5.41, 5.74) is 2.04. The molecule has 0 saturated carbocycles. The second-order valence-electron chi connectivity index (χ2n) is 6.14. The second kappa shape index (κ2) is 9.61. The van der Waals surface area contributed by atoms with Crippen LogP contribution in [0.3, 0.4) is 0 Å². The maximum atomic E-state index is 13.2. The molecule has 0 aliphatic carbocycles. The highest BCUT2D eigenvalue weighted by molar-refractivity contribution is 7.89. The molecule has 2 N–H and O–H groups in total. The molecule has 2 aromatic rings. The van der Waals surface area contributed by atoms with Gasteiger partial charge < -0.3 is 10.1 Å². The highest BCUT2D eigenvalue weighted by Crippen LogP contribution is 2.19. The summed E-state index contributed by atoms with van der Waals surface area (Å²) in [7, 11) is -2.45. The van der Waals surface area contributed by atoms with Gasteiger partial charge in [-0.2, -0.15) is 0 Å². The molecule has 6 nitrogen and oxygen atoms in total. The van der Waals surface area contributed by atoms with Gasteiger partial charge in [0.25, 0.3) is 0 Å². The Morgan fingerprint density at radius 1 is 1.07 bits per heavy atom. The molecule has 152 valence electrons. The van der Waals surface area contributed by atoms with E-state index in [0.29, 0.717) is 19.0 Å². The predicted octanol–water partition coefficient (Wildman–Crippen LogP) is 2.31. The van der Waals surface area contributed by atoms with Crippen LogP contribution in [0, 0.1) is 18.6 Å². The van der Waals surface area contributed by atoms with Crippen LogP contribution in [0.15, 0.2) is 41.3 Å². The summed E-state index contributed by atoms with van der Waals surface area (Å²) in [6.07, 6.45) is 0.477. The SMILES string of the molecule is COc1ccc(C)cc1CCNC(=O)CCNS(=O)(=O)c1ccc(F)c(F)c1. The van der Waals surface area contributed by atoms with Crippen LogP contribution in [0.4, 0.5) is 8.78 Å². The Morgan fingerprint density at radius 3 is 2.50 bits per heavy atom. The van der Waals surface area contributed by atoms with E-state index in [1.165, 1.54) is 0 Å². The van der Waals surface area contributed by atoms with Crippen LogP contribution >= 0.6 is 0 Å². The number of carbonyl (C=O) groups excluding carboxylic acids is 1. The Labute approximate surface area is 163 Å². The maximum Gasteiger partial charge on any atom is 0.240 e. The van der Waals surface area contributed by atoms with Crippen LogP contribution in [0.25, 0.3) is 0 Å². The van der Waals surface area contributed by atoms with Crippen LogP contribution in [-0.4, -0.2) is 34.5 Å². The lowest BCUT2D eigenvalue weighted by atomic mass is 10.1. The van der Waals surface area contributed by atoms with E-state index in [2.05, 4.69) is 10.0 Å². The number of hydrogen-bond donors (Lipinski definition) is 2. The van der Waals surface area contributed by atoms with Crippen molar-refractivity contribution in [1.82, 2.24) is 10.0 Å². The smallest absolute Gasteiger partial charge is 0.240 e. The van der Waals surface area contributed by atoms with E-state index < -0.39 is 26.6 Å². The molecule has 0 saturated heterocycles. The average Bonchev–Trinajstić information content (AvgIpc) is 2.64. The number of benzene rings is 2. The van der Waals surface area contributed by atoms with Gasteiger partial charge in [0.1, 0.15) is 5.75 Å². The molecule has 0 aliphatic heterocycles. The van der Waals surface area contributed by atoms with Crippen molar-refractivity contribution in [3.8, 4) is 5.75 Å². The lowest BCUT2D eigenvalue weighted by molar-refractivity contribution is -0.120. The largest absolute Gasteiger partial charge is 0.496 e. The van der Waals surface area contributed by atoms with Crippen LogP contribution in [-0.2, 0) is 21.2 Å². The summed E-state index contributed by atoms with van der Waals surface area (Å²) >= 11 is 0. The molecule has 0 radical (unpaired) electrons. The minimum Gasteiger partial charge on any atom is -0.496 e. The number of ether oxygens (including phenoxy) is 1. The third-order valence-electron chi connectivity index (χ3n) is 4.00. The minimum absolute atomic E-state index is 0.0894. The summed E-state index contributed by atoms with van der Waals surface area (Å²) < 4.78 is 57.6. The number of amides is 1. The minimum atomic E-state index is -4.03. The highest BCUT2D eigenvalue weighted by Gasteiger charge is 2.16. The first kappa shape index (κ1) is 21.8. The molecule has 2 aromatic carbocycles. The molecule has 28 heavy (non-hydrogen) atoms. The quantitative estimate of drug-likeness (QED) is 0.662. The van der Waals surface area contributed by atoms with Crippen molar-refractivity contribution in [2.24, 2.45) is 0 Å². The molecular formula is C19H22F2N2O4S. The summed E-state index contributed by atoms with van der Waals surface area (Å²) in [6.45, 7) is 2.16. The van der Waals surface area contributed by atoms with Crippen LogP contribution < -0.4 is 14.8 Å². The summed E-state index contributed by atoms with van der Waals surface area (Å²) in [6, 6.07) is 8.04. The fourth-order valence-electron chi connectivity index (χ4n) is 2.55. The van der Waals surface area contributed by atoms with Crippen molar-refractivity contribution in [1.29, 1.82) is 0 Å². The number of methoxy groups -OCH3 is 1. The molecule has 9 heteroatoms. The van der Waals surface area contributed by atoms with Crippen molar-refractivity contribution in [2.75, 3.05) is 20.2 Å².